The maximum Gasteiger partial charge on any atom is 0.356 e. The van der Waals surface area contributed by atoms with Crippen molar-refractivity contribution >= 4 is 17.6 Å². The van der Waals surface area contributed by atoms with Gasteiger partial charge in [-0.05, 0) is 11.6 Å². The van der Waals surface area contributed by atoms with Crippen LogP contribution in [0.25, 0.3) is 11.1 Å². The fourth-order valence-corrected chi connectivity index (χ4v) is 1.99. The second-order valence-electron chi connectivity index (χ2n) is 4.65. The van der Waals surface area contributed by atoms with Crippen LogP contribution in [0.3, 0.4) is 0 Å². The standard InChI is InChI=1S/C15H13N3O6/c16-4-5-24-15(21)13-7-11(12(8-17-13)14(19)20)9-2-1-3-10(6-9)18(22)23/h1-3,6-8H,4-5,16H2,(H,19,20). The van der Waals surface area contributed by atoms with Gasteiger partial charge in [0.15, 0.2) is 0 Å². The second-order valence-corrected chi connectivity index (χ2v) is 4.65. The molecule has 1 heterocycles. The number of aromatic carboxylic acids is 1. The Morgan fingerprint density at radius 1 is 1.33 bits per heavy atom. The minimum atomic E-state index is -1.27. The number of rotatable bonds is 6. The first-order valence-electron chi connectivity index (χ1n) is 6.79. The maximum absolute atomic E-state index is 11.8. The van der Waals surface area contributed by atoms with E-state index in [1.165, 1.54) is 30.3 Å². The Morgan fingerprint density at radius 3 is 2.71 bits per heavy atom. The van der Waals surface area contributed by atoms with Gasteiger partial charge in [0.1, 0.15) is 12.3 Å². The topological polar surface area (TPSA) is 146 Å². The van der Waals surface area contributed by atoms with Gasteiger partial charge in [-0.15, -0.1) is 0 Å². The van der Waals surface area contributed by atoms with Crippen LogP contribution in [0, 0.1) is 10.1 Å². The first-order chi connectivity index (χ1) is 11.4. The van der Waals surface area contributed by atoms with Gasteiger partial charge in [-0.3, -0.25) is 10.1 Å². The predicted octanol–water partition coefficient (Wildman–Crippen LogP) is 1.47. The van der Waals surface area contributed by atoms with Crippen LogP contribution < -0.4 is 5.73 Å². The number of nitro groups is 1. The van der Waals surface area contributed by atoms with E-state index in [2.05, 4.69) is 4.98 Å². The lowest BCUT2D eigenvalue weighted by Crippen LogP contribution is -2.15. The predicted molar refractivity (Wildman–Crippen MR) is 82.6 cm³/mol. The number of carboxylic acid groups (broad SMARTS) is 1. The maximum atomic E-state index is 11.8. The number of pyridine rings is 1. The minimum Gasteiger partial charge on any atom is -0.478 e. The SMILES string of the molecule is NCCOC(=O)c1cc(-c2cccc([N+](=O)[O-])c2)c(C(=O)O)cn1. The Bertz CT molecular complexity index is 806. The Morgan fingerprint density at radius 2 is 2.08 bits per heavy atom. The van der Waals surface area contributed by atoms with E-state index in [4.69, 9.17) is 10.5 Å². The molecule has 0 bridgehead atoms. The summed E-state index contributed by atoms with van der Waals surface area (Å²) in [5.74, 6) is -2.03. The van der Waals surface area contributed by atoms with Crippen molar-refractivity contribution in [3.63, 3.8) is 0 Å². The molecule has 0 saturated carbocycles. The van der Waals surface area contributed by atoms with Gasteiger partial charge in [0.05, 0.1) is 10.5 Å². The van der Waals surface area contributed by atoms with E-state index in [0.717, 1.165) is 6.20 Å². The summed E-state index contributed by atoms with van der Waals surface area (Å²) in [6, 6.07) is 6.65. The average Bonchev–Trinajstić information content (AvgIpc) is 2.59. The third-order valence-corrected chi connectivity index (χ3v) is 3.06. The Hall–Kier alpha value is -3.33. The van der Waals surface area contributed by atoms with Crippen LogP contribution in [0.2, 0.25) is 0 Å². The molecule has 0 fully saturated rings. The van der Waals surface area contributed by atoms with Crippen molar-refractivity contribution in [1.29, 1.82) is 0 Å². The number of carbonyl (C=O) groups excluding carboxylic acids is 1. The smallest absolute Gasteiger partial charge is 0.356 e. The number of benzene rings is 1. The van der Waals surface area contributed by atoms with Crippen LogP contribution in [0.15, 0.2) is 36.5 Å². The number of non-ortho nitro benzene ring substituents is 1. The molecule has 1 aromatic carbocycles. The van der Waals surface area contributed by atoms with Crippen LogP contribution in [-0.2, 0) is 4.74 Å². The summed E-state index contributed by atoms with van der Waals surface area (Å²) in [6.45, 7) is 0.129. The van der Waals surface area contributed by atoms with Crippen molar-refractivity contribution in [2.75, 3.05) is 13.2 Å². The number of ether oxygens (including phenoxy) is 1. The molecule has 2 rings (SSSR count). The normalized spacial score (nSPS) is 10.2. The molecular weight excluding hydrogens is 318 g/mol. The lowest BCUT2D eigenvalue weighted by atomic mass is 10.00. The molecule has 0 radical (unpaired) electrons. The van der Waals surface area contributed by atoms with E-state index in [0.29, 0.717) is 0 Å². The number of hydrogen-bond donors (Lipinski definition) is 2. The summed E-state index contributed by atoms with van der Waals surface area (Å²) in [5.41, 5.74) is 5.14. The molecule has 0 aliphatic carbocycles. The number of carboxylic acids is 1. The molecule has 0 unspecified atom stereocenters. The largest absolute Gasteiger partial charge is 0.478 e. The van der Waals surface area contributed by atoms with Crippen LogP contribution in [0.5, 0.6) is 0 Å². The highest BCUT2D eigenvalue weighted by Gasteiger charge is 2.19. The van der Waals surface area contributed by atoms with Crippen molar-refractivity contribution in [2.45, 2.75) is 0 Å². The molecule has 0 saturated heterocycles. The molecule has 0 amide bonds. The van der Waals surface area contributed by atoms with E-state index in [9.17, 15) is 24.8 Å². The summed E-state index contributed by atoms with van der Waals surface area (Å²) in [4.78, 5) is 37.3. The summed E-state index contributed by atoms with van der Waals surface area (Å²) >= 11 is 0. The molecule has 0 atom stereocenters. The van der Waals surface area contributed by atoms with Gasteiger partial charge in [0.2, 0.25) is 0 Å². The molecule has 124 valence electrons. The molecule has 9 heteroatoms. The van der Waals surface area contributed by atoms with Gasteiger partial charge in [0.25, 0.3) is 5.69 Å². The van der Waals surface area contributed by atoms with E-state index < -0.39 is 16.9 Å². The van der Waals surface area contributed by atoms with Gasteiger partial charge in [-0.1, -0.05) is 12.1 Å². The third-order valence-electron chi connectivity index (χ3n) is 3.06. The van der Waals surface area contributed by atoms with Crippen LogP contribution in [-0.4, -0.2) is 40.1 Å². The molecule has 0 aliphatic heterocycles. The molecule has 1 aromatic heterocycles. The Balaban J connectivity index is 2.53. The monoisotopic (exact) mass is 331 g/mol. The Kier molecular flexibility index (Phi) is 5.17. The number of aromatic nitrogens is 1. The van der Waals surface area contributed by atoms with Gasteiger partial charge in [-0.25, -0.2) is 14.6 Å². The quantitative estimate of drug-likeness (QED) is 0.459. The lowest BCUT2D eigenvalue weighted by molar-refractivity contribution is -0.384. The highest BCUT2D eigenvalue weighted by molar-refractivity contribution is 5.98. The summed E-state index contributed by atoms with van der Waals surface area (Å²) < 4.78 is 4.85. The zero-order chi connectivity index (χ0) is 17.7. The third kappa shape index (κ3) is 3.70. The first-order valence-corrected chi connectivity index (χ1v) is 6.79. The highest BCUT2D eigenvalue weighted by Crippen LogP contribution is 2.27. The number of hydrogen-bond acceptors (Lipinski definition) is 7. The van der Waals surface area contributed by atoms with Crippen LogP contribution in [0.1, 0.15) is 20.8 Å². The molecule has 24 heavy (non-hydrogen) atoms. The van der Waals surface area contributed by atoms with Gasteiger partial charge >= 0.3 is 11.9 Å². The highest BCUT2D eigenvalue weighted by atomic mass is 16.6. The number of nitro benzene ring substituents is 1. The lowest BCUT2D eigenvalue weighted by Gasteiger charge is -2.09. The van der Waals surface area contributed by atoms with Crippen molar-refractivity contribution < 1.29 is 24.4 Å². The molecular formula is C15H13N3O6. The van der Waals surface area contributed by atoms with Crippen LogP contribution >= 0.6 is 0 Å². The van der Waals surface area contributed by atoms with E-state index >= 15 is 0 Å². The van der Waals surface area contributed by atoms with Gasteiger partial charge in [-0.2, -0.15) is 0 Å². The van der Waals surface area contributed by atoms with E-state index in [1.54, 1.807) is 0 Å². The first kappa shape index (κ1) is 17.0. The average molecular weight is 331 g/mol. The van der Waals surface area contributed by atoms with Gasteiger partial charge < -0.3 is 15.6 Å². The van der Waals surface area contributed by atoms with Crippen LogP contribution in [0.4, 0.5) is 5.69 Å². The summed E-state index contributed by atoms with van der Waals surface area (Å²) in [6.07, 6.45) is 1.01. The van der Waals surface area contributed by atoms with Gasteiger partial charge in [0, 0.05) is 30.4 Å². The second kappa shape index (κ2) is 7.29. The molecule has 3 N–H and O–H groups in total. The fourth-order valence-electron chi connectivity index (χ4n) is 1.99. The molecule has 0 spiro atoms. The molecule has 2 aromatic rings. The number of carbonyl (C=O) groups is 2. The van der Waals surface area contributed by atoms with E-state index in [1.807, 2.05) is 0 Å². The van der Waals surface area contributed by atoms with E-state index in [-0.39, 0.29) is 41.2 Å². The molecule has 0 aliphatic rings. The minimum absolute atomic E-state index is 0.00661. The number of nitrogens with two attached hydrogens (primary N) is 1. The summed E-state index contributed by atoms with van der Waals surface area (Å²) in [5, 5.41) is 20.2. The van der Waals surface area contributed by atoms with Crippen molar-refractivity contribution in [1.82, 2.24) is 4.98 Å². The van der Waals surface area contributed by atoms with Crippen molar-refractivity contribution in [3.05, 3.63) is 57.9 Å². The fraction of sp³-hybridized carbons (Fsp3) is 0.133. The number of nitrogens with zero attached hydrogens (tertiary/aromatic N) is 2. The zero-order valence-electron chi connectivity index (χ0n) is 12.3. The number of esters is 1. The Labute approximate surface area is 135 Å². The molecule has 9 nitrogen and oxygen atoms in total. The summed E-state index contributed by atoms with van der Waals surface area (Å²) in [7, 11) is 0. The zero-order valence-corrected chi connectivity index (χ0v) is 12.3. The van der Waals surface area contributed by atoms with Crippen molar-refractivity contribution in [2.24, 2.45) is 5.73 Å². The van der Waals surface area contributed by atoms with Crippen molar-refractivity contribution in [3.8, 4) is 11.1 Å².